The summed E-state index contributed by atoms with van der Waals surface area (Å²) in [5, 5.41) is 4.53. The van der Waals surface area contributed by atoms with Gasteiger partial charge in [-0.3, -0.25) is 0 Å². The van der Waals surface area contributed by atoms with Gasteiger partial charge in [0.2, 0.25) is 10.0 Å². The third kappa shape index (κ3) is 3.92. The van der Waals surface area contributed by atoms with Gasteiger partial charge in [-0.25, -0.2) is 13.1 Å². The number of sulfonamides is 1. The zero-order valence-corrected chi connectivity index (χ0v) is 15.4. The lowest BCUT2D eigenvalue weighted by Crippen LogP contribution is -2.23. The second-order valence-electron chi connectivity index (χ2n) is 5.67. The highest BCUT2D eigenvalue weighted by Crippen LogP contribution is 2.27. The maximum Gasteiger partial charge on any atom is 0.240 e. The standard InChI is InChI=1S/C18H17ClN2O3S/c1-12-18(13(2)24-21-12)15-5-9-17(10-6-15)25(22,23)20-11-14-3-7-16(19)8-4-14/h3-10,20H,11H2,1-2H3. The SMILES string of the molecule is Cc1noc(C)c1-c1ccc(S(=O)(=O)NCc2ccc(Cl)cc2)cc1. The van der Waals surface area contributed by atoms with Crippen LogP contribution in [0.2, 0.25) is 5.02 Å². The molecule has 0 bridgehead atoms. The van der Waals surface area contributed by atoms with Gasteiger partial charge in [0.25, 0.3) is 0 Å². The number of benzene rings is 2. The smallest absolute Gasteiger partial charge is 0.240 e. The van der Waals surface area contributed by atoms with Crippen LogP contribution in [0.5, 0.6) is 0 Å². The number of halogens is 1. The Labute approximate surface area is 151 Å². The number of hydrogen-bond acceptors (Lipinski definition) is 4. The highest BCUT2D eigenvalue weighted by atomic mass is 35.5. The van der Waals surface area contributed by atoms with Crippen molar-refractivity contribution in [3.8, 4) is 11.1 Å². The minimum Gasteiger partial charge on any atom is -0.361 e. The van der Waals surface area contributed by atoms with Gasteiger partial charge in [-0.1, -0.05) is 41.0 Å². The fourth-order valence-corrected chi connectivity index (χ4v) is 3.70. The van der Waals surface area contributed by atoms with Gasteiger partial charge in [-0.05, 0) is 49.2 Å². The van der Waals surface area contributed by atoms with E-state index in [4.69, 9.17) is 16.1 Å². The van der Waals surface area contributed by atoms with Crippen molar-refractivity contribution in [2.75, 3.05) is 0 Å². The molecule has 0 saturated heterocycles. The zero-order valence-electron chi connectivity index (χ0n) is 13.8. The number of rotatable bonds is 5. The number of hydrogen-bond donors (Lipinski definition) is 1. The van der Waals surface area contributed by atoms with Crippen LogP contribution in [0.1, 0.15) is 17.0 Å². The third-order valence-electron chi connectivity index (χ3n) is 3.87. The van der Waals surface area contributed by atoms with E-state index in [1.165, 1.54) is 0 Å². The molecule has 3 rings (SSSR count). The second kappa shape index (κ2) is 7.00. The topological polar surface area (TPSA) is 72.2 Å². The van der Waals surface area contributed by atoms with Crippen LogP contribution in [0.3, 0.4) is 0 Å². The number of nitrogens with zero attached hydrogens (tertiary/aromatic N) is 1. The van der Waals surface area contributed by atoms with E-state index in [2.05, 4.69) is 9.88 Å². The van der Waals surface area contributed by atoms with Crippen molar-refractivity contribution in [2.24, 2.45) is 0 Å². The molecular weight excluding hydrogens is 360 g/mol. The predicted molar refractivity (Wildman–Crippen MR) is 96.9 cm³/mol. The first-order chi connectivity index (χ1) is 11.9. The van der Waals surface area contributed by atoms with E-state index in [1.807, 2.05) is 13.8 Å². The molecule has 0 saturated carbocycles. The molecule has 0 atom stereocenters. The first-order valence-electron chi connectivity index (χ1n) is 7.64. The van der Waals surface area contributed by atoms with E-state index >= 15 is 0 Å². The van der Waals surface area contributed by atoms with Crippen molar-refractivity contribution in [2.45, 2.75) is 25.3 Å². The molecule has 25 heavy (non-hydrogen) atoms. The van der Waals surface area contributed by atoms with Crippen LogP contribution in [0.4, 0.5) is 0 Å². The van der Waals surface area contributed by atoms with Gasteiger partial charge < -0.3 is 4.52 Å². The monoisotopic (exact) mass is 376 g/mol. The lowest BCUT2D eigenvalue weighted by molar-refractivity contribution is 0.393. The molecule has 0 aliphatic rings. The Kier molecular flexibility index (Phi) is 4.94. The first-order valence-corrected chi connectivity index (χ1v) is 9.50. The van der Waals surface area contributed by atoms with Gasteiger partial charge in [0.1, 0.15) is 5.76 Å². The molecule has 0 amide bonds. The minimum atomic E-state index is -3.60. The number of aryl methyl sites for hydroxylation is 2. The van der Waals surface area contributed by atoms with Gasteiger partial charge in [-0.15, -0.1) is 0 Å². The third-order valence-corrected chi connectivity index (χ3v) is 5.54. The molecule has 0 aliphatic carbocycles. The quantitative estimate of drug-likeness (QED) is 0.727. The van der Waals surface area contributed by atoms with E-state index in [1.54, 1.807) is 48.5 Å². The highest BCUT2D eigenvalue weighted by molar-refractivity contribution is 7.89. The molecule has 0 spiro atoms. The Morgan fingerprint density at radius 3 is 2.24 bits per heavy atom. The van der Waals surface area contributed by atoms with Crippen LogP contribution >= 0.6 is 11.6 Å². The fourth-order valence-electron chi connectivity index (χ4n) is 2.56. The predicted octanol–water partition coefficient (Wildman–Crippen LogP) is 4.09. The molecule has 7 heteroatoms. The molecule has 0 radical (unpaired) electrons. The maximum absolute atomic E-state index is 12.4. The first kappa shape index (κ1) is 17.7. The normalized spacial score (nSPS) is 11.6. The molecule has 130 valence electrons. The molecule has 1 N–H and O–H groups in total. The Hall–Kier alpha value is -2.15. The number of nitrogens with one attached hydrogen (secondary N) is 1. The molecule has 2 aromatic carbocycles. The maximum atomic E-state index is 12.4. The molecule has 1 aromatic heterocycles. The van der Waals surface area contributed by atoms with Crippen molar-refractivity contribution in [1.82, 2.24) is 9.88 Å². The van der Waals surface area contributed by atoms with Gasteiger partial charge >= 0.3 is 0 Å². The highest BCUT2D eigenvalue weighted by Gasteiger charge is 2.16. The summed E-state index contributed by atoms with van der Waals surface area (Å²) in [7, 11) is -3.60. The lowest BCUT2D eigenvalue weighted by atomic mass is 10.0. The average molecular weight is 377 g/mol. The van der Waals surface area contributed by atoms with E-state index in [9.17, 15) is 8.42 Å². The summed E-state index contributed by atoms with van der Waals surface area (Å²) in [6.07, 6.45) is 0. The van der Waals surface area contributed by atoms with Gasteiger partial charge in [0.05, 0.1) is 10.6 Å². The summed E-state index contributed by atoms with van der Waals surface area (Å²) in [5.74, 6) is 0.703. The van der Waals surface area contributed by atoms with Crippen LogP contribution in [-0.4, -0.2) is 13.6 Å². The van der Waals surface area contributed by atoms with Crippen molar-refractivity contribution in [3.63, 3.8) is 0 Å². The van der Waals surface area contributed by atoms with Gasteiger partial charge in [-0.2, -0.15) is 0 Å². The van der Waals surface area contributed by atoms with Crippen LogP contribution in [-0.2, 0) is 16.6 Å². The van der Waals surface area contributed by atoms with Crippen molar-refractivity contribution >= 4 is 21.6 Å². The Bertz CT molecular complexity index is 959. The second-order valence-corrected chi connectivity index (χ2v) is 7.88. The summed E-state index contributed by atoms with van der Waals surface area (Å²) in [6.45, 7) is 3.88. The van der Waals surface area contributed by atoms with E-state index < -0.39 is 10.0 Å². The summed E-state index contributed by atoms with van der Waals surface area (Å²) in [4.78, 5) is 0.206. The van der Waals surface area contributed by atoms with Crippen LogP contribution in [0, 0.1) is 13.8 Å². The summed E-state index contributed by atoms with van der Waals surface area (Å²) in [5.41, 5.74) is 3.36. The largest absolute Gasteiger partial charge is 0.361 e. The zero-order chi connectivity index (χ0) is 18.0. The molecule has 1 heterocycles. The Balaban J connectivity index is 1.77. The van der Waals surface area contributed by atoms with Crippen molar-refractivity contribution in [1.29, 1.82) is 0 Å². The van der Waals surface area contributed by atoms with E-state index in [0.717, 1.165) is 22.4 Å². The minimum absolute atomic E-state index is 0.200. The van der Waals surface area contributed by atoms with Crippen molar-refractivity contribution in [3.05, 3.63) is 70.6 Å². The average Bonchev–Trinajstić information content (AvgIpc) is 2.93. The van der Waals surface area contributed by atoms with Crippen LogP contribution < -0.4 is 4.72 Å². The van der Waals surface area contributed by atoms with E-state index in [0.29, 0.717) is 10.8 Å². The van der Waals surface area contributed by atoms with Gasteiger partial charge in [0, 0.05) is 17.1 Å². The van der Waals surface area contributed by atoms with Gasteiger partial charge in [0.15, 0.2) is 0 Å². The van der Waals surface area contributed by atoms with Crippen LogP contribution in [0.15, 0.2) is 57.9 Å². The number of aromatic nitrogens is 1. The molecule has 0 aliphatic heterocycles. The summed E-state index contributed by atoms with van der Waals surface area (Å²) >= 11 is 5.83. The summed E-state index contributed by atoms with van der Waals surface area (Å²) < 4.78 is 32.6. The Morgan fingerprint density at radius 1 is 1.04 bits per heavy atom. The molecular formula is C18H17ClN2O3S. The Morgan fingerprint density at radius 2 is 1.68 bits per heavy atom. The fraction of sp³-hybridized carbons (Fsp3) is 0.167. The molecule has 5 nitrogen and oxygen atoms in total. The molecule has 0 fully saturated rings. The van der Waals surface area contributed by atoms with E-state index in [-0.39, 0.29) is 11.4 Å². The lowest BCUT2D eigenvalue weighted by Gasteiger charge is -2.08. The molecule has 3 aromatic rings. The summed E-state index contributed by atoms with van der Waals surface area (Å²) in [6, 6.07) is 13.7. The molecule has 0 unspecified atom stereocenters. The van der Waals surface area contributed by atoms with Crippen LogP contribution in [0.25, 0.3) is 11.1 Å². The van der Waals surface area contributed by atoms with Crippen molar-refractivity contribution < 1.29 is 12.9 Å².